The minimum Gasteiger partial charge on any atom is -0.387 e. The molecule has 27 heavy (non-hydrogen) atoms. The molecule has 140 valence electrons. The van der Waals surface area contributed by atoms with E-state index in [0.29, 0.717) is 18.7 Å². The van der Waals surface area contributed by atoms with Gasteiger partial charge in [0.2, 0.25) is 0 Å². The van der Waals surface area contributed by atoms with Crippen LogP contribution in [0.1, 0.15) is 42.1 Å². The summed E-state index contributed by atoms with van der Waals surface area (Å²) in [5.74, 6) is -0.149. The molecule has 1 atom stereocenters. The summed E-state index contributed by atoms with van der Waals surface area (Å²) in [6.45, 7) is 3.79. The fourth-order valence-electron chi connectivity index (χ4n) is 3.70. The van der Waals surface area contributed by atoms with Crippen LogP contribution in [0.25, 0.3) is 0 Å². The summed E-state index contributed by atoms with van der Waals surface area (Å²) in [6, 6.07) is 18.2. The Morgan fingerprint density at radius 2 is 1.74 bits per heavy atom. The van der Waals surface area contributed by atoms with E-state index in [1.54, 1.807) is 0 Å². The smallest absolute Gasteiger partial charge is 0.269 e. The summed E-state index contributed by atoms with van der Waals surface area (Å²) < 4.78 is 0. The highest BCUT2D eigenvalue weighted by atomic mass is 16.6. The van der Waals surface area contributed by atoms with E-state index in [0.717, 1.165) is 30.8 Å². The normalized spacial score (nSPS) is 19.6. The molecule has 2 aliphatic heterocycles. The number of nitrogens with one attached hydrogen (secondary N) is 1. The van der Waals surface area contributed by atoms with Crippen molar-refractivity contribution in [2.24, 2.45) is 5.16 Å². The van der Waals surface area contributed by atoms with Crippen molar-refractivity contribution in [1.82, 2.24) is 10.2 Å². The molecule has 0 aliphatic carbocycles. The van der Waals surface area contributed by atoms with Crippen LogP contribution in [0.4, 0.5) is 0 Å². The molecule has 2 aliphatic rings. The van der Waals surface area contributed by atoms with Crippen LogP contribution in [0.2, 0.25) is 0 Å². The van der Waals surface area contributed by atoms with E-state index < -0.39 is 0 Å². The Balaban J connectivity index is 1.33. The molecule has 0 spiro atoms. The van der Waals surface area contributed by atoms with Crippen LogP contribution in [0.3, 0.4) is 0 Å². The van der Waals surface area contributed by atoms with Crippen molar-refractivity contribution >= 4 is 11.6 Å². The van der Waals surface area contributed by atoms with Gasteiger partial charge >= 0.3 is 0 Å². The summed E-state index contributed by atoms with van der Waals surface area (Å²) in [7, 11) is 0. The molecule has 4 rings (SSSR count). The highest BCUT2D eigenvalue weighted by Crippen LogP contribution is 2.27. The second-order valence-electron chi connectivity index (χ2n) is 7.18. The van der Waals surface area contributed by atoms with E-state index in [2.05, 4.69) is 33.6 Å². The van der Waals surface area contributed by atoms with Crippen molar-refractivity contribution in [2.75, 3.05) is 13.1 Å². The van der Waals surface area contributed by atoms with Crippen molar-refractivity contribution in [3.63, 3.8) is 0 Å². The van der Waals surface area contributed by atoms with Crippen molar-refractivity contribution in [3.05, 3.63) is 71.3 Å². The molecular weight excluding hydrogens is 338 g/mol. The van der Waals surface area contributed by atoms with Crippen LogP contribution in [-0.4, -0.2) is 29.6 Å². The molecule has 1 N–H and O–H groups in total. The van der Waals surface area contributed by atoms with Crippen molar-refractivity contribution in [3.8, 4) is 0 Å². The highest BCUT2D eigenvalue weighted by molar-refractivity contribution is 6.39. The Labute approximate surface area is 160 Å². The van der Waals surface area contributed by atoms with Crippen LogP contribution in [0, 0.1) is 0 Å². The molecule has 1 amide bonds. The Bertz CT molecular complexity index is 813. The second-order valence-corrected chi connectivity index (χ2v) is 7.18. The first-order chi connectivity index (χ1) is 13.3. The summed E-state index contributed by atoms with van der Waals surface area (Å²) >= 11 is 0. The zero-order valence-electron chi connectivity index (χ0n) is 15.4. The first kappa shape index (κ1) is 17.7. The Morgan fingerprint density at radius 3 is 2.52 bits per heavy atom. The number of oxime groups is 1. The van der Waals surface area contributed by atoms with Crippen LogP contribution in [0.15, 0.2) is 59.8 Å². The molecule has 2 aromatic rings. The van der Waals surface area contributed by atoms with E-state index in [1.807, 2.05) is 36.4 Å². The zero-order chi connectivity index (χ0) is 18.5. The first-order valence-corrected chi connectivity index (χ1v) is 9.64. The van der Waals surface area contributed by atoms with Gasteiger partial charge in [-0.25, -0.2) is 0 Å². The lowest BCUT2D eigenvalue weighted by Crippen LogP contribution is -2.30. The van der Waals surface area contributed by atoms with Gasteiger partial charge in [0.05, 0.1) is 0 Å². The Morgan fingerprint density at radius 1 is 1.04 bits per heavy atom. The quantitative estimate of drug-likeness (QED) is 0.856. The lowest BCUT2D eigenvalue weighted by Gasteiger charge is -2.17. The molecule has 5 nitrogen and oxygen atoms in total. The van der Waals surface area contributed by atoms with Crippen LogP contribution < -0.4 is 5.32 Å². The molecule has 0 saturated carbocycles. The number of benzene rings is 2. The minimum absolute atomic E-state index is 0.149. The topological polar surface area (TPSA) is 53.9 Å². The largest absolute Gasteiger partial charge is 0.387 e. The van der Waals surface area contributed by atoms with Crippen LogP contribution in [0.5, 0.6) is 0 Å². The molecular formula is C22H25N3O2. The van der Waals surface area contributed by atoms with Gasteiger partial charge in [0.15, 0.2) is 6.10 Å². The third kappa shape index (κ3) is 4.37. The number of hydrogen-bond acceptors (Lipinski definition) is 4. The van der Waals surface area contributed by atoms with Gasteiger partial charge in [0.25, 0.3) is 5.91 Å². The monoisotopic (exact) mass is 363 g/mol. The van der Waals surface area contributed by atoms with Gasteiger partial charge in [-0.05, 0) is 42.6 Å². The lowest BCUT2D eigenvalue weighted by atomic mass is 10.0. The predicted octanol–water partition coefficient (Wildman–Crippen LogP) is 3.42. The summed E-state index contributed by atoms with van der Waals surface area (Å²) in [5.41, 5.74) is 3.95. The van der Waals surface area contributed by atoms with E-state index >= 15 is 0 Å². The van der Waals surface area contributed by atoms with Crippen molar-refractivity contribution in [2.45, 2.75) is 38.5 Å². The van der Waals surface area contributed by atoms with Crippen LogP contribution >= 0.6 is 0 Å². The predicted molar refractivity (Wildman–Crippen MR) is 105 cm³/mol. The molecule has 1 saturated heterocycles. The molecule has 0 aromatic heterocycles. The molecule has 0 radical (unpaired) electrons. The number of carbonyl (C=O) groups excluding carboxylic acids is 1. The van der Waals surface area contributed by atoms with E-state index in [9.17, 15) is 4.79 Å². The molecule has 2 aromatic carbocycles. The van der Waals surface area contributed by atoms with Gasteiger partial charge in [-0.1, -0.05) is 59.8 Å². The molecule has 2 heterocycles. The van der Waals surface area contributed by atoms with Crippen molar-refractivity contribution < 1.29 is 9.63 Å². The molecule has 1 unspecified atom stereocenters. The third-order valence-corrected chi connectivity index (χ3v) is 5.25. The fraction of sp³-hybridized carbons (Fsp3) is 0.364. The maximum Gasteiger partial charge on any atom is 0.269 e. The number of amides is 1. The van der Waals surface area contributed by atoms with E-state index in [1.165, 1.54) is 18.4 Å². The average molecular weight is 363 g/mol. The van der Waals surface area contributed by atoms with Gasteiger partial charge in [0.1, 0.15) is 5.71 Å². The molecule has 5 heteroatoms. The van der Waals surface area contributed by atoms with E-state index in [-0.39, 0.29) is 12.0 Å². The Hall–Kier alpha value is -2.66. The number of likely N-dealkylation sites (tertiary alicyclic amines) is 1. The molecule has 1 fully saturated rings. The third-order valence-electron chi connectivity index (χ3n) is 5.25. The van der Waals surface area contributed by atoms with Gasteiger partial charge in [0, 0.05) is 19.5 Å². The van der Waals surface area contributed by atoms with Gasteiger partial charge in [-0.2, -0.15) is 0 Å². The summed E-state index contributed by atoms with van der Waals surface area (Å²) in [5, 5.41) is 7.02. The SMILES string of the molecule is O=C(NCc1ccccc1CN1CCCC1)C1=NOC(c2ccccc2)C1. The lowest BCUT2D eigenvalue weighted by molar-refractivity contribution is -0.115. The van der Waals surface area contributed by atoms with Gasteiger partial charge in [-0.3, -0.25) is 9.69 Å². The van der Waals surface area contributed by atoms with Crippen molar-refractivity contribution in [1.29, 1.82) is 0 Å². The number of carbonyl (C=O) groups is 1. The van der Waals surface area contributed by atoms with E-state index in [4.69, 9.17) is 4.84 Å². The number of hydrogen-bond donors (Lipinski definition) is 1. The Kier molecular flexibility index (Phi) is 5.49. The van der Waals surface area contributed by atoms with Crippen LogP contribution in [-0.2, 0) is 22.7 Å². The summed E-state index contributed by atoms with van der Waals surface area (Å²) in [4.78, 5) is 20.4. The van der Waals surface area contributed by atoms with Gasteiger partial charge in [-0.15, -0.1) is 0 Å². The first-order valence-electron chi connectivity index (χ1n) is 9.64. The number of nitrogens with zero attached hydrogens (tertiary/aromatic N) is 2. The average Bonchev–Trinajstić information content (AvgIpc) is 3.40. The fourth-order valence-corrected chi connectivity index (χ4v) is 3.70. The number of rotatable bonds is 6. The molecule has 0 bridgehead atoms. The zero-order valence-corrected chi connectivity index (χ0v) is 15.4. The summed E-state index contributed by atoms with van der Waals surface area (Å²) in [6.07, 6.45) is 2.89. The maximum atomic E-state index is 12.5. The minimum atomic E-state index is -0.172. The second kappa shape index (κ2) is 8.35. The standard InChI is InChI=1S/C22H25N3O2/c26-22(20-14-21(27-24-20)17-8-2-1-3-9-17)23-15-18-10-4-5-11-19(18)16-25-12-6-7-13-25/h1-5,8-11,21H,6-7,12-16H2,(H,23,26). The highest BCUT2D eigenvalue weighted by Gasteiger charge is 2.27. The maximum absolute atomic E-state index is 12.5. The van der Waals surface area contributed by atoms with Gasteiger partial charge < -0.3 is 10.2 Å².